The van der Waals surface area contributed by atoms with E-state index >= 15 is 0 Å². The summed E-state index contributed by atoms with van der Waals surface area (Å²) in [5.41, 5.74) is 8.34. The van der Waals surface area contributed by atoms with Crippen LogP contribution in [-0.2, 0) is 131 Å². The zero-order valence-corrected chi connectivity index (χ0v) is 70.8. The van der Waals surface area contributed by atoms with Crippen LogP contribution in [0.5, 0.6) is 11.5 Å². The third-order valence-electron chi connectivity index (χ3n) is 19.9. The number of unbranched alkanes of at least 4 members (excludes halogenated alkanes) is 1. The third kappa shape index (κ3) is 25.2. The molecule has 0 bridgehead atoms. The molecule has 3 amide bonds. The van der Waals surface area contributed by atoms with Gasteiger partial charge in [0.25, 0.3) is 11.5 Å². The predicted octanol–water partition coefficient (Wildman–Crippen LogP) is 6.12. The van der Waals surface area contributed by atoms with E-state index in [1.54, 1.807) is 29.1 Å². The van der Waals surface area contributed by atoms with Gasteiger partial charge in [-0.2, -0.15) is 8.62 Å². The van der Waals surface area contributed by atoms with Crippen LogP contribution in [0.3, 0.4) is 0 Å². The Hall–Kier alpha value is -7.35. The number of anilines is 1. The Bertz CT molecular complexity index is 5130. The second-order valence-corrected chi connectivity index (χ2v) is 38.2. The van der Waals surface area contributed by atoms with Crippen molar-refractivity contribution in [1.82, 2.24) is 45.1 Å². The SMILES string of the molecule is CCS(=S)COC1C[C@H](n2cc(C#CCNC(=O)OCCCCOCSSc3ccc(CC(=O)NCCOCCCOCCCOCCCn4cc(CNC(=O)c5ccc(C(=O)O)c(C6=c7cc8c9c(c7Oc7c6cc6c%10c7CCCN%10CCC6)CCC[N+]=9CCC8)c5)nn4)cc3)c(=O)[nH]c2=O)O[C@@H]1COP(=O)(O)OP(=O)(O)OP(=O)(O)O. The lowest BCUT2D eigenvalue weighted by Gasteiger charge is -2.39. The molecule has 0 spiro atoms. The van der Waals surface area contributed by atoms with Gasteiger partial charge in [0.2, 0.25) is 11.3 Å². The Labute approximate surface area is 694 Å². The summed E-state index contributed by atoms with van der Waals surface area (Å²) in [6, 6.07) is 17.1. The van der Waals surface area contributed by atoms with Gasteiger partial charge < -0.3 is 83.4 Å². The van der Waals surface area contributed by atoms with Crippen molar-refractivity contribution < 1.29 is 109 Å². The van der Waals surface area contributed by atoms with Crippen molar-refractivity contribution in [3.63, 3.8) is 0 Å². The number of aromatic nitrogens is 5. The smallest absolute Gasteiger partial charge is 0.478 e. The lowest BCUT2D eigenvalue weighted by molar-refractivity contribution is -0.120. The number of phosphoric ester groups is 1. The molecular formula is C76H96N10O25P3S4+. The molecule has 9 N–H and O–H groups in total. The molecular weight excluding hydrogens is 1670 g/mol. The number of carboxylic acid groups (broad SMARTS) is 1. The number of carboxylic acids is 1. The van der Waals surface area contributed by atoms with E-state index in [2.05, 4.69) is 73.3 Å². The number of hydrogen-bond donors (Lipinski definition) is 9. The van der Waals surface area contributed by atoms with E-state index in [9.17, 15) is 57.4 Å². The normalized spacial score (nSPS) is 17.8. The number of hydrogen-bond acceptors (Lipinski definition) is 26. The number of aryl methyl sites for hydroxylation is 3. The van der Waals surface area contributed by atoms with Crippen LogP contribution in [0.4, 0.5) is 10.5 Å². The van der Waals surface area contributed by atoms with Crippen LogP contribution in [0.1, 0.15) is 148 Å². The van der Waals surface area contributed by atoms with Crippen molar-refractivity contribution >= 4 is 101 Å². The molecule has 6 aliphatic rings. The van der Waals surface area contributed by atoms with E-state index in [1.165, 1.54) is 54.9 Å². The van der Waals surface area contributed by atoms with Crippen LogP contribution < -0.4 is 52.0 Å². The zero-order valence-electron chi connectivity index (χ0n) is 64.9. The molecule has 35 nitrogen and oxygen atoms in total. The number of phosphoric acid groups is 3. The number of aromatic amines is 1. The predicted molar refractivity (Wildman–Crippen MR) is 439 cm³/mol. The van der Waals surface area contributed by atoms with Gasteiger partial charge in [0.15, 0.2) is 0 Å². The van der Waals surface area contributed by atoms with Gasteiger partial charge in [0.05, 0.1) is 68.7 Å². The number of H-pyrrole nitrogens is 1. The number of carbonyl (C=O) groups excluding carboxylic acids is 3. The molecule has 6 aromatic rings. The lowest BCUT2D eigenvalue weighted by Crippen LogP contribution is -2.45. The maximum atomic E-state index is 14.1. The summed E-state index contributed by atoms with van der Waals surface area (Å²) in [6.07, 6.45) is 9.84. The highest BCUT2D eigenvalue weighted by Gasteiger charge is 2.45. The number of alkyl carbamates (subject to hydrolysis) is 1. The van der Waals surface area contributed by atoms with E-state index in [0.717, 1.165) is 133 Å². The first-order valence-corrected chi connectivity index (χ1v) is 48.3. The summed E-state index contributed by atoms with van der Waals surface area (Å²) < 4.78 is 99.8. The summed E-state index contributed by atoms with van der Waals surface area (Å²) >= 11 is 5.32. The first-order chi connectivity index (χ1) is 56.9. The molecule has 0 radical (unpaired) electrons. The van der Waals surface area contributed by atoms with Crippen molar-refractivity contribution in [2.24, 2.45) is 0 Å². The highest BCUT2D eigenvalue weighted by molar-refractivity contribution is 8.76. The van der Waals surface area contributed by atoms with Crippen LogP contribution in [-0.4, -0.2) is 202 Å². The highest BCUT2D eigenvalue weighted by Crippen LogP contribution is 2.66. The van der Waals surface area contributed by atoms with Gasteiger partial charge in [0.1, 0.15) is 54.1 Å². The fourth-order valence-corrected chi connectivity index (χ4v) is 20.1. The molecule has 2 aromatic heterocycles. The molecule has 4 aromatic carbocycles. The number of benzene rings is 4. The quantitative estimate of drug-likeness (QED) is 0.00519. The number of nitrogens with zero attached hydrogens (tertiary/aromatic N) is 6. The van der Waals surface area contributed by atoms with E-state index in [0.29, 0.717) is 114 Å². The van der Waals surface area contributed by atoms with Crippen molar-refractivity contribution in [3.05, 3.63) is 160 Å². The number of rotatable bonds is 44. The minimum absolute atomic E-state index is 0.0262. The minimum atomic E-state index is -5.81. The van der Waals surface area contributed by atoms with E-state index in [1.807, 2.05) is 31.2 Å². The molecule has 12 rings (SSSR count). The van der Waals surface area contributed by atoms with Gasteiger partial charge in [-0.15, -0.1) is 5.10 Å². The number of ether oxygens (including phenoxy) is 8. The largest absolute Gasteiger partial charge is 0.490 e. The van der Waals surface area contributed by atoms with Crippen LogP contribution in [0.15, 0.2) is 81.5 Å². The topological polar surface area (TPSA) is 450 Å². The first kappa shape index (κ1) is 89.9. The zero-order chi connectivity index (χ0) is 83.4. The second kappa shape index (κ2) is 42.9. The Morgan fingerprint density at radius 2 is 1.50 bits per heavy atom. The molecule has 6 aliphatic heterocycles. The van der Waals surface area contributed by atoms with Gasteiger partial charge in [-0.3, -0.25) is 33.1 Å². The molecule has 1 fully saturated rings. The van der Waals surface area contributed by atoms with Crippen molar-refractivity contribution in [2.75, 3.05) is 121 Å². The van der Waals surface area contributed by atoms with Crippen LogP contribution in [0, 0.1) is 11.8 Å². The Balaban J connectivity index is 0.465. The Morgan fingerprint density at radius 3 is 2.26 bits per heavy atom. The third-order valence-corrected chi connectivity index (χ3v) is 27.8. The molecule has 0 aliphatic carbocycles. The Kier molecular flexibility index (Phi) is 32.7. The average molecular weight is 1770 g/mol. The molecule has 6 atom stereocenters. The van der Waals surface area contributed by atoms with E-state index in [4.69, 9.17) is 63.4 Å². The monoisotopic (exact) mass is 1770 g/mol. The highest BCUT2D eigenvalue weighted by atomic mass is 33.1. The average Bonchev–Trinajstić information content (AvgIpc) is 0.977. The van der Waals surface area contributed by atoms with Crippen molar-refractivity contribution in [1.29, 1.82) is 0 Å². The summed E-state index contributed by atoms with van der Waals surface area (Å²) in [7, 11) is -14.6. The molecule has 4 unspecified atom stereocenters. The number of aromatic carboxylic acids is 1. The maximum Gasteiger partial charge on any atom is 0.490 e. The fraction of sp³-hybridized carbons (Fsp3) is 0.513. The molecule has 0 saturated carbocycles. The molecule has 8 heterocycles. The summed E-state index contributed by atoms with van der Waals surface area (Å²) in [6.45, 7) is 9.35. The van der Waals surface area contributed by atoms with Gasteiger partial charge >= 0.3 is 41.2 Å². The van der Waals surface area contributed by atoms with Gasteiger partial charge in [0, 0.05) is 135 Å². The van der Waals surface area contributed by atoms with Crippen LogP contribution in [0.2, 0.25) is 0 Å². The first-order valence-electron chi connectivity index (χ1n) is 39.0. The van der Waals surface area contributed by atoms with Crippen LogP contribution in [0.25, 0.3) is 5.57 Å². The van der Waals surface area contributed by atoms with E-state index < -0.39 is 81.3 Å². The van der Waals surface area contributed by atoms with E-state index in [-0.39, 0.29) is 61.4 Å². The second-order valence-electron chi connectivity index (χ2n) is 28.4. The molecule has 638 valence electrons. The maximum absolute atomic E-state index is 14.1. The summed E-state index contributed by atoms with van der Waals surface area (Å²) in [5, 5.41) is 29.9. The number of nitrogens with one attached hydrogen (secondary N) is 4. The van der Waals surface area contributed by atoms with Crippen molar-refractivity contribution in [2.45, 2.75) is 140 Å². The Morgan fingerprint density at radius 1 is 0.780 bits per heavy atom. The number of fused-ring (bicyclic) bond motifs is 4. The van der Waals surface area contributed by atoms with Crippen LogP contribution >= 0.6 is 45.1 Å². The fourth-order valence-electron chi connectivity index (χ4n) is 14.7. The molecule has 118 heavy (non-hydrogen) atoms. The van der Waals surface area contributed by atoms with Gasteiger partial charge in [-0.1, -0.05) is 67.2 Å². The molecule has 1 saturated heterocycles. The van der Waals surface area contributed by atoms with Gasteiger partial charge in [-0.05, 0) is 147 Å². The number of carbonyl (C=O) groups is 4. The van der Waals surface area contributed by atoms with Crippen molar-refractivity contribution in [3.8, 4) is 23.3 Å². The number of amides is 3. The molecule has 42 heteroatoms. The lowest BCUT2D eigenvalue weighted by atomic mass is 9.81. The standard InChI is InChI=1S/C76H95N10O25P3S4/c1-2-118(115)49-106-63-43-66(108-64(63)47-107-113(97,98)111-114(99,100)110-112(94,95)96)86-45-54(73(89)80-75(86)92)13-5-24-78-76(93)105-37-4-3-31-104-48-116-117-56-21-18-50(19-22-56)39-65(87)77-25-38-103-36-12-35-102-34-11-33-101-32-10-30-85-46-55(81-82-85)44-79-72(88)53-20-23-57(74(90)91)60(42-53)67-61-40-51-14-6-26-83-28-8-16-58(68(51)83)70(61)109-71-59-17-9-29-84-27-7-15-52(69(59)84)41-62(67)71/h18-23,40-42,45-46,63-64,66H,2-4,6-12,14-17,24-39,43-44,47-49H2,1H3,(H8-,77,78,79,80,87,88,89,90,91,92,93,94,95,96,97,98,99,100)/p+1/t63?,64-,66-,118?/m1/s1. The summed E-state index contributed by atoms with van der Waals surface area (Å²) in [5.74, 6) is 6.26. The van der Waals surface area contributed by atoms with Gasteiger partial charge in [-0.25, -0.2) is 32.7 Å². The summed E-state index contributed by atoms with van der Waals surface area (Å²) in [4.78, 5) is 121. The minimum Gasteiger partial charge on any atom is -0.478 e.